The third-order valence-corrected chi connectivity index (χ3v) is 3.97. The molecule has 0 fully saturated rings. The minimum atomic E-state index is -0.193. The first-order chi connectivity index (χ1) is 12.0. The average Bonchev–Trinajstić information content (AvgIpc) is 2.60. The summed E-state index contributed by atoms with van der Waals surface area (Å²) in [5.74, 6) is 0.315. The molecule has 5 nitrogen and oxygen atoms in total. The highest BCUT2D eigenvalue weighted by atomic mass is 16.5. The van der Waals surface area contributed by atoms with Crippen LogP contribution < -0.4 is 14.5 Å². The molecule has 0 heterocycles. The molecule has 0 saturated heterocycles. The zero-order valence-electron chi connectivity index (χ0n) is 15.2. The van der Waals surface area contributed by atoms with Crippen molar-refractivity contribution in [2.75, 3.05) is 30.0 Å². The molecule has 0 aromatic heterocycles. The molecule has 0 radical (unpaired) electrons. The first-order valence-corrected chi connectivity index (χ1v) is 8.25. The van der Waals surface area contributed by atoms with E-state index in [0.717, 1.165) is 11.3 Å². The van der Waals surface area contributed by atoms with Crippen molar-refractivity contribution in [3.8, 4) is 5.75 Å². The standard InChI is InChI=1S/C20H24N2O3/c1-5-21(17-9-6-8-15(2)12-17)20(24)14-22(16(3)23)18-10-7-11-19(13-18)25-4/h6-13H,5,14H2,1-4H3. The van der Waals surface area contributed by atoms with Gasteiger partial charge in [0.25, 0.3) is 0 Å². The number of nitrogens with zero attached hydrogens (tertiary/aromatic N) is 2. The van der Waals surface area contributed by atoms with Crippen LogP contribution in [0.2, 0.25) is 0 Å². The van der Waals surface area contributed by atoms with E-state index in [4.69, 9.17) is 4.74 Å². The molecule has 0 saturated carbocycles. The van der Waals surface area contributed by atoms with Crippen LogP contribution in [0.15, 0.2) is 48.5 Å². The van der Waals surface area contributed by atoms with Gasteiger partial charge in [-0.3, -0.25) is 9.59 Å². The topological polar surface area (TPSA) is 49.9 Å². The zero-order chi connectivity index (χ0) is 18.4. The van der Waals surface area contributed by atoms with Gasteiger partial charge in [-0.1, -0.05) is 18.2 Å². The molecule has 5 heteroatoms. The molecule has 0 aliphatic carbocycles. The summed E-state index contributed by atoms with van der Waals surface area (Å²) in [6.45, 7) is 5.87. The molecule has 0 unspecified atom stereocenters. The van der Waals surface area contributed by atoms with Gasteiger partial charge in [0.1, 0.15) is 12.3 Å². The summed E-state index contributed by atoms with van der Waals surface area (Å²) < 4.78 is 5.21. The van der Waals surface area contributed by atoms with Crippen LogP contribution in [-0.2, 0) is 9.59 Å². The van der Waals surface area contributed by atoms with Gasteiger partial charge in [-0.25, -0.2) is 0 Å². The summed E-state index contributed by atoms with van der Waals surface area (Å²) in [7, 11) is 1.57. The number of amides is 2. The Morgan fingerprint density at radius 2 is 1.64 bits per heavy atom. The lowest BCUT2D eigenvalue weighted by molar-refractivity contribution is -0.121. The molecule has 25 heavy (non-hydrogen) atoms. The number of aryl methyl sites for hydroxylation is 1. The van der Waals surface area contributed by atoms with Crippen LogP contribution in [0.4, 0.5) is 11.4 Å². The average molecular weight is 340 g/mol. The van der Waals surface area contributed by atoms with Crippen molar-refractivity contribution in [1.82, 2.24) is 0 Å². The van der Waals surface area contributed by atoms with E-state index in [0.29, 0.717) is 18.0 Å². The van der Waals surface area contributed by atoms with E-state index >= 15 is 0 Å². The van der Waals surface area contributed by atoms with Gasteiger partial charge in [-0.05, 0) is 43.7 Å². The number of hydrogen-bond donors (Lipinski definition) is 0. The number of anilines is 2. The maximum atomic E-state index is 12.8. The van der Waals surface area contributed by atoms with Crippen molar-refractivity contribution >= 4 is 23.2 Å². The van der Waals surface area contributed by atoms with Crippen LogP contribution >= 0.6 is 0 Å². The molecule has 0 spiro atoms. The molecule has 2 amide bonds. The molecule has 0 atom stereocenters. The Balaban J connectivity index is 2.25. The summed E-state index contributed by atoms with van der Waals surface area (Å²) in [6, 6.07) is 14.9. The van der Waals surface area contributed by atoms with Crippen molar-refractivity contribution in [2.24, 2.45) is 0 Å². The number of benzene rings is 2. The van der Waals surface area contributed by atoms with E-state index in [1.54, 1.807) is 36.3 Å². The van der Waals surface area contributed by atoms with Gasteiger partial charge in [-0.15, -0.1) is 0 Å². The Bertz CT molecular complexity index is 758. The lowest BCUT2D eigenvalue weighted by Crippen LogP contribution is -2.42. The van der Waals surface area contributed by atoms with E-state index in [-0.39, 0.29) is 18.4 Å². The van der Waals surface area contributed by atoms with Crippen molar-refractivity contribution in [3.05, 3.63) is 54.1 Å². The fraction of sp³-hybridized carbons (Fsp3) is 0.300. The van der Waals surface area contributed by atoms with Crippen LogP contribution in [0.3, 0.4) is 0 Å². The maximum absolute atomic E-state index is 12.8. The molecule has 132 valence electrons. The molecule has 2 aromatic rings. The first-order valence-electron chi connectivity index (χ1n) is 8.25. The Hall–Kier alpha value is -2.82. The molecular formula is C20H24N2O3. The van der Waals surface area contributed by atoms with Crippen molar-refractivity contribution < 1.29 is 14.3 Å². The molecular weight excluding hydrogens is 316 g/mol. The predicted molar refractivity (Wildman–Crippen MR) is 100 cm³/mol. The van der Waals surface area contributed by atoms with Crippen LogP contribution in [0.1, 0.15) is 19.4 Å². The first kappa shape index (κ1) is 18.5. The summed E-state index contributed by atoms with van der Waals surface area (Å²) in [4.78, 5) is 28.1. The SMILES string of the molecule is CCN(C(=O)CN(C(C)=O)c1cccc(OC)c1)c1cccc(C)c1. The van der Waals surface area contributed by atoms with Crippen molar-refractivity contribution in [3.63, 3.8) is 0 Å². The van der Waals surface area contributed by atoms with Gasteiger partial charge in [0.15, 0.2) is 0 Å². The second-order valence-corrected chi connectivity index (χ2v) is 5.78. The number of ether oxygens (including phenoxy) is 1. The molecule has 0 aliphatic heterocycles. The minimum absolute atomic E-state index is 0.0235. The smallest absolute Gasteiger partial charge is 0.247 e. The van der Waals surface area contributed by atoms with Crippen molar-refractivity contribution in [1.29, 1.82) is 0 Å². The summed E-state index contributed by atoms with van der Waals surface area (Å²) in [6.07, 6.45) is 0. The highest BCUT2D eigenvalue weighted by Gasteiger charge is 2.21. The molecule has 2 aromatic carbocycles. The third kappa shape index (κ3) is 4.59. The largest absolute Gasteiger partial charge is 0.497 e. The fourth-order valence-electron chi connectivity index (χ4n) is 2.68. The molecule has 0 N–H and O–H groups in total. The quantitative estimate of drug-likeness (QED) is 0.810. The lowest BCUT2D eigenvalue weighted by atomic mass is 10.2. The minimum Gasteiger partial charge on any atom is -0.497 e. The monoisotopic (exact) mass is 340 g/mol. The third-order valence-electron chi connectivity index (χ3n) is 3.97. The Morgan fingerprint density at radius 3 is 2.20 bits per heavy atom. The Labute approximate surface area is 148 Å². The highest BCUT2D eigenvalue weighted by molar-refractivity contribution is 6.03. The molecule has 2 rings (SSSR count). The van der Waals surface area contributed by atoms with E-state index < -0.39 is 0 Å². The van der Waals surface area contributed by atoms with Crippen molar-refractivity contribution in [2.45, 2.75) is 20.8 Å². The van der Waals surface area contributed by atoms with E-state index in [1.807, 2.05) is 38.1 Å². The van der Waals surface area contributed by atoms with Crippen LogP contribution in [0.25, 0.3) is 0 Å². The van der Waals surface area contributed by atoms with Crippen LogP contribution in [0, 0.1) is 6.92 Å². The zero-order valence-corrected chi connectivity index (χ0v) is 15.2. The van der Waals surface area contributed by atoms with Gasteiger partial charge in [0.2, 0.25) is 11.8 Å². The van der Waals surface area contributed by atoms with E-state index in [9.17, 15) is 9.59 Å². The predicted octanol–water partition coefficient (Wildman–Crippen LogP) is 3.41. The number of likely N-dealkylation sites (N-methyl/N-ethyl adjacent to an activating group) is 1. The maximum Gasteiger partial charge on any atom is 0.247 e. The number of carbonyl (C=O) groups excluding carboxylic acids is 2. The summed E-state index contributed by atoms with van der Waals surface area (Å²) in [5.41, 5.74) is 2.56. The second kappa shape index (κ2) is 8.33. The summed E-state index contributed by atoms with van der Waals surface area (Å²) in [5, 5.41) is 0. The fourth-order valence-corrected chi connectivity index (χ4v) is 2.68. The Kier molecular flexibility index (Phi) is 6.17. The molecule has 0 bridgehead atoms. The van der Waals surface area contributed by atoms with E-state index in [2.05, 4.69) is 0 Å². The Morgan fingerprint density at radius 1 is 1.00 bits per heavy atom. The number of methoxy groups -OCH3 is 1. The van der Waals surface area contributed by atoms with Gasteiger partial charge in [0, 0.05) is 30.9 Å². The normalized spacial score (nSPS) is 10.2. The molecule has 0 aliphatic rings. The lowest BCUT2D eigenvalue weighted by Gasteiger charge is -2.26. The second-order valence-electron chi connectivity index (χ2n) is 5.78. The number of carbonyl (C=O) groups is 2. The van der Waals surface area contributed by atoms with E-state index in [1.165, 1.54) is 11.8 Å². The van der Waals surface area contributed by atoms with Gasteiger partial charge >= 0.3 is 0 Å². The summed E-state index contributed by atoms with van der Waals surface area (Å²) >= 11 is 0. The highest BCUT2D eigenvalue weighted by Crippen LogP contribution is 2.22. The van der Waals surface area contributed by atoms with Crippen LogP contribution in [0.5, 0.6) is 5.75 Å². The van der Waals surface area contributed by atoms with Crippen LogP contribution in [-0.4, -0.2) is 32.0 Å². The number of hydrogen-bond acceptors (Lipinski definition) is 3. The van der Waals surface area contributed by atoms with Gasteiger partial charge in [0.05, 0.1) is 7.11 Å². The van der Waals surface area contributed by atoms with Gasteiger partial charge < -0.3 is 14.5 Å². The number of rotatable bonds is 6. The van der Waals surface area contributed by atoms with Gasteiger partial charge in [-0.2, -0.15) is 0 Å².